The van der Waals surface area contributed by atoms with E-state index in [1.165, 1.54) is 32.1 Å². The summed E-state index contributed by atoms with van der Waals surface area (Å²) in [6.07, 6.45) is 6.44. The quantitative estimate of drug-likeness (QED) is 0.423. The van der Waals surface area contributed by atoms with Crippen LogP contribution in [-0.2, 0) is 13.6 Å². The van der Waals surface area contributed by atoms with Gasteiger partial charge in [-0.2, -0.15) is 0 Å². The Morgan fingerprint density at radius 2 is 1.63 bits per heavy atom. The van der Waals surface area contributed by atoms with Crippen molar-refractivity contribution in [1.82, 2.24) is 0 Å². The molecule has 1 saturated heterocycles. The summed E-state index contributed by atoms with van der Waals surface area (Å²) >= 11 is 0. The fourth-order valence-electron chi connectivity index (χ4n) is 2.84. The van der Waals surface area contributed by atoms with Gasteiger partial charge in [0.05, 0.1) is 13.2 Å². The Bertz CT molecular complexity index is 230. The molecule has 0 saturated carbocycles. The molecule has 0 aliphatic carbocycles. The van der Waals surface area contributed by atoms with Gasteiger partial charge >= 0.3 is 8.56 Å². The van der Waals surface area contributed by atoms with Crippen molar-refractivity contribution in [3.8, 4) is 0 Å². The molecule has 0 aromatic carbocycles. The lowest BCUT2D eigenvalue weighted by atomic mass is 9.78. The number of rotatable bonds is 11. The lowest BCUT2D eigenvalue weighted by Gasteiger charge is -2.41. The van der Waals surface area contributed by atoms with Crippen molar-refractivity contribution in [1.29, 1.82) is 0 Å². The topological polar surface area (TPSA) is 27.7 Å². The summed E-state index contributed by atoms with van der Waals surface area (Å²) in [6, 6.07) is 1.13. The van der Waals surface area contributed by atoms with Crippen molar-refractivity contribution >= 4 is 8.56 Å². The molecule has 1 rings (SSSR count). The molecule has 0 bridgehead atoms. The summed E-state index contributed by atoms with van der Waals surface area (Å²) in [4.78, 5) is 0. The van der Waals surface area contributed by atoms with E-state index in [9.17, 15) is 0 Å². The van der Waals surface area contributed by atoms with Crippen LogP contribution in [0.1, 0.15) is 52.9 Å². The van der Waals surface area contributed by atoms with Gasteiger partial charge in [0.25, 0.3) is 0 Å². The summed E-state index contributed by atoms with van der Waals surface area (Å²) in [7, 11) is -1.87. The van der Waals surface area contributed by atoms with Gasteiger partial charge in [0, 0.05) is 18.6 Å². The van der Waals surface area contributed by atoms with E-state index in [1.54, 1.807) is 0 Å². The van der Waals surface area contributed by atoms with Gasteiger partial charge in [0.15, 0.2) is 0 Å². The van der Waals surface area contributed by atoms with Crippen LogP contribution in [0.5, 0.6) is 0 Å². The van der Waals surface area contributed by atoms with Gasteiger partial charge in [-0.25, -0.2) is 0 Å². The van der Waals surface area contributed by atoms with Crippen LogP contribution in [0.4, 0.5) is 0 Å². The highest BCUT2D eigenvalue weighted by Gasteiger charge is 2.36. The lowest BCUT2D eigenvalue weighted by molar-refractivity contribution is -0.120. The summed E-state index contributed by atoms with van der Waals surface area (Å²) < 4.78 is 17.1. The van der Waals surface area contributed by atoms with Crippen molar-refractivity contribution in [2.24, 2.45) is 5.41 Å². The van der Waals surface area contributed by atoms with E-state index in [-0.39, 0.29) is 0 Å². The third-order valence-electron chi connectivity index (χ3n) is 4.30. The second-order valence-corrected chi connectivity index (χ2v) is 9.25. The molecule has 0 radical (unpaired) electrons. The van der Waals surface area contributed by atoms with E-state index in [0.29, 0.717) is 5.41 Å². The number of hydrogen-bond acceptors (Lipinski definition) is 3. The maximum Gasteiger partial charge on any atom is 0.334 e. The second kappa shape index (κ2) is 8.40. The molecular weight excluding hydrogens is 256 g/mol. The smallest absolute Gasteiger partial charge is 0.334 e. The van der Waals surface area contributed by atoms with Gasteiger partial charge < -0.3 is 13.6 Å². The SMILES string of the molecule is CCO[Si](C)(CCCCCC1(CC)COC1)OCC. The highest BCUT2D eigenvalue weighted by atomic mass is 28.4. The number of ether oxygens (including phenoxy) is 1. The molecule has 19 heavy (non-hydrogen) atoms. The van der Waals surface area contributed by atoms with E-state index in [0.717, 1.165) is 32.5 Å². The molecule has 0 amide bonds. The van der Waals surface area contributed by atoms with Crippen molar-refractivity contribution in [2.45, 2.75) is 65.5 Å². The van der Waals surface area contributed by atoms with Crippen molar-refractivity contribution in [2.75, 3.05) is 26.4 Å². The summed E-state index contributed by atoms with van der Waals surface area (Å²) in [5.41, 5.74) is 0.514. The molecule has 1 heterocycles. The predicted molar refractivity (Wildman–Crippen MR) is 81.7 cm³/mol. The van der Waals surface area contributed by atoms with Crippen LogP contribution in [0.3, 0.4) is 0 Å². The molecular formula is C15H32O3Si. The van der Waals surface area contributed by atoms with Crippen LogP contribution in [0.25, 0.3) is 0 Å². The van der Waals surface area contributed by atoms with Crippen molar-refractivity contribution in [3.63, 3.8) is 0 Å². The Morgan fingerprint density at radius 3 is 2.05 bits per heavy atom. The summed E-state index contributed by atoms with van der Waals surface area (Å²) in [5, 5.41) is 0. The van der Waals surface area contributed by atoms with E-state index in [2.05, 4.69) is 27.3 Å². The normalized spacial score (nSPS) is 18.3. The molecule has 4 heteroatoms. The first-order valence-electron chi connectivity index (χ1n) is 7.95. The molecule has 0 aromatic rings. The molecule has 114 valence electrons. The predicted octanol–water partition coefficient (Wildman–Crippen LogP) is 4.12. The Labute approximate surface area is 120 Å². The molecule has 0 unspecified atom stereocenters. The highest BCUT2D eigenvalue weighted by molar-refractivity contribution is 6.66. The highest BCUT2D eigenvalue weighted by Crippen LogP contribution is 2.36. The monoisotopic (exact) mass is 288 g/mol. The van der Waals surface area contributed by atoms with E-state index < -0.39 is 8.56 Å². The summed E-state index contributed by atoms with van der Waals surface area (Å²) in [6.45, 7) is 12.1. The molecule has 1 fully saturated rings. The molecule has 0 aromatic heterocycles. The van der Waals surface area contributed by atoms with Gasteiger partial charge in [-0.15, -0.1) is 0 Å². The minimum Gasteiger partial charge on any atom is -0.395 e. The van der Waals surface area contributed by atoms with Crippen LogP contribution in [-0.4, -0.2) is 35.0 Å². The van der Waals surface area contributed by atoms with Crippen LogP contribution < -0.4 is 0 Å². The Morgan fingerprint density at radius 1 is 1.00 bits per heavy atom. The first-order chi connectivity index (χ1) is 9.10. The lowest BCUT2D eigenvalue weighted by Crippen LogP contribution is -2.41. The van der Waals surface area contributed by atoms with Gasteiger partial charge in [-0.05, 0) is 39.3 Å². The maximum atomic E-state index is 5.87. The van der Waals surface area contributed by atoms with Gasteiger partial charge in [-0.3, -0.25) is 0 Å². The second-order valence-electron chi connectivity index (χ2n) is 5.91. The first kappa shape index (κ1) is 17.1. The molecule has 0 spiro atoms. The largest absolute Gasteiger partial charge is 0.395 e. The third kappa shape index (κ3) is 5.54. The first-order valence-corrected chi connectivity index (χ1v) is 10.5. The van der Waals surface area contributed by atoms with Crippen molar-refractivity contribution in [3.05, 3.63) is 0 Å². The maximum absolute atomic E-state index is 5.87. The zero-order valence-corrected chi connectivity index (χ0v) is 14.3. The fourth-order valence-corrected chi connectivity index (χ4v) is 5.32. The molecule has 1 aliphatic rings. The third-order valence-corrected chi connectivity index (χ3v) is 7.36. The number of unbranched alkanes of at least 4 members (excludes halogenated alkanes) is 2. The van der Waals surface area contributed by atoms with Gasteiger partial charge in [0.2, 0.25) is 0 Å². The van der Waals surface area contributed by atoms with Crippen LogP contribution >= 0.6 is 0 Å². The zero-order chi connectivity index (χ0) is 14.2. The van der Waals surface area contributed by atoms with Gasteiger partial charge in [0.1, 0.15) is 0 Å². The summed E-state index contributed by atoms with van der Waals surface area (Å²) in [5.74, 6) is 0. The fraction of sp³-hybridized carbons (Fsp3) is 1.00. The minimum absolute atomic E-state index is 0.514. The zero-order valence-electron chi connectivity index (χ0n) is 13.3. The van der Waals surface area contributed by atoms with Crippen LogP contribution in [0, 0.1) is 5.41 Å². The van der Waals surface area contributed by atoms with Crippen LogP contribution in [0.15, 0.2) is 0 Å². The number of hydrogen-bond donors (Lipinski definition) is 0. The van der Waals surface area contributed by atoms with E-state index >= 15 is 0 Å². The average Bonchev–Trinajstić information content (AvgIpc) is 2.32. The van der Waals surface area contributed by atoms with E-state index in [1.807, 2.05) is 0 Å². The van der Waals surface area contributed by atoms with E-state index in [4.69, 9.17) is 13.6 Å². The standard InChI is InChI=1S/C15H32O3Si/c1-5-15(13-16-14-15)11-9-8-10-12-19(4,17-6-2)18-7-3/h5-14H2,1-4H3. The Balaban J connectivity index is 2.14. The molecule has 0 atom stereocenters. The Hall–Kier alpha value is 0.0969. The molecule has 1 aliphatic heterocycles. The minimum atomic E-state index is -1.87. The van der Waals surface area contributed by atoms with Crippen LogP contribution in [0.2, 0.25) is 12.6 Å². The van der Waals surface area contributed by atoms with Gasteiger partial charge in [-0.1, -0.05) is 26.2 Å². The molecule has 3 nitrogen and oxygen atoms in total. The average molecular weight is 289 g/mol. The Kier molecular flexibility index (Phi) is 7.58. The molecule has 0 N–H and O–H groups in total. The van der Waals surface area contributed by atoms with Crippen molar-refractivity contribution < 1.29 is 13.6 Å².